The Kier molecular flexibility index (Phi) is 8.74. The van der Waals surface area contributed by atoms with Crippen molar-refractivity contribution in [2.24, 2.45) is 0 Å². The summed E-state index contributed by atoms with van der Waals surface area (Å²) in [7, 11) is -4.64. The lowest BCUT2D eigenvalue weighted by Gasteiger charge is -2.54. The second kappa shape index (κ2) is 15.6. The molecule has 4 nitrogen and oxygen atoms in total. The minimum absolute atomic E-state index is 0.718. The molecule has 16 aromatic rings. The quantitative estimate of drug-likeness (QED) is 0.162. The second-order valence-electron chi connectivity index (χ2n) is 24.2. The molecule has 3 aliphatic rings. The fraction of sp³-hybridized carbons (Fsp3) is 0.0811. The molecule has 0 fully saturated rings. The number of aromatic nitrogens is 2. The summed E-state index contributed by atoms with van der Waals surface area (Å²) in [5.41, 5.74) is 15.3. The van der Waals surface area contributed by atoms with E-state index in [0.717, 1.165) is 43.9 Å². The van der Waals surface area contributed by atoms with Crippen LogP contribution in [0.25, 0.3) is 97.5 Å². The molecule has 2 aliphatic heterocycles. The molecule has 0 N–H and O–H groups in total. The molecular weight excluding hydrogens is 1070 g/mol. The van der Waals surface area contributed by atoms with Crippen LogP contribution in [0.5, 0.6) is 0 Å². The molecule has 82 heavy (non-hydrogen) atoms. The minimum Gasteiger partial charge on any atom is -0.456 e. The highest BCUT2D eigenvalue weighted by molar-refractivity contribution is 7.16. The van der Waals surface area contributed by atoms with Gasteiger partial charge in [0.15, 0.2) is 0 Å². The maximum atomic E-state index is 6.76. The lowest BCUT2D eigenvalue weighted by atomic mass is 9.55. The molecule has 8 heteroatoms. The van der Waals surface area contributed by atoms with Crippen molar-refractivity contribution in [3.8, 4) is 10.0 Å². The third-order valence-corrected chi connectivity index (χ3v) is 29.3. The fourth-order valence-corrected chi connectivity index (χ4v) is 25.7. The Morgan fingerprint density at radius 1 is 0.317 bits per heavy atom. The van der Waals surface area contributed by atoms with Crippen LogP contribution in [0.1, 0.15) is 43.1 Å². The molecule has 6 aromatic heterocycles. The standard InChI is InChI=1S/C74H50N2O2S2Si2/c1-81(2)61-33-17-9-25-49(61)73(50-26-10-18-34-62(50)81)53-41-65(75-55-29-13-5-21-43(55)45-37-39-59-67(69(45)75)47-23-7-15-31-57(47)77-59)80-72(53)74(51-27-11-19-35-63(51)82(3,4)64-36-20-12-28-52(64)74)54-42-66(79-71(54)73)76-56-30-14-6-22-44(56)46-38-40-60-68(70(46)76)48-24-8-16-32-58(48)78-60/h5-42H,1-4H3. The Bertz CT molecular complexity index is 5030. The van der Waals surface area contributed by atoms with Crippen molar-refractivity contribution in [3.05, 3.63) is 274 Å². The highest BCUT2D eigenvalue weighted by Gasteiger charge is 2.62. The van der Waals surface area contributed by atoms with Crippen LogP contribution in [-0.2, 0) is 10.8 Å². The van der Waals surface area contributed by atoms with Crippen LogP contribution in [0.2, 0.25) is 26.2 Å². The maximum absolute atomic E-state index is 6.76. The van der Waals surface area contributed by atoms with Gasteiger partial charge in [0.1, 0.15) is 48.5 Å². The van der Waals surface area contributed by atoms with Gasteiger partial charge in [-0.05, 0) is 115 Å². The van der Waals surface area contributed by atoms with Gasteiger partial charge in [0.05, 0.1) is 43.7 Å². The Balaban J connectivity index is 1.05. The van der Waals surface area contributed by atoms with Crippen molar-refractivity contribution in [2.45, 2.75) is 37.0 Å². The molecule has 10 aromatic carbocycles. The first-order valence-electron chi connectivity index (χ1n) is 28.6. The van der Waals surface area contributed by atoms with E-state index in [1.165, 1.54) is 117 Å². The summed E-state index contributed by atoms with van der Waals surface area (Å²) in [5.74, 6) is 0. The number of benzene rings is 10. The zero-order chi connectivity index (χ0) is 54.2. The number of hydrogen-bond acceptors (Lipinski definition) is 4. The molecule has 0 unspecified atom stereocenters. The first kappa shape index (κ1) is 45.9. The van der Waals surface area contributed by atoms with Crippen LogP contribution in [0, 0.1) is 0 Å². The molecular formula is C74H50N2O2S2Si2. The maximum Gasteiger partial charge on any atom is 0.137 e. The largest absolute Gasteiger partial charge is 0.456 e. The summed E-state index contributed by atoms with van der Waals surface area (Å²) in [5, 5.41) is 17.9. The number of rotatable bonds is 2. The first-order chi connectivity index (χ1) is 40.2. The van der Waals surface area contributed by atoms with Crippen molar-refractivity contribution < 1.29 is 8.83 Å². The number of para-hydroxylation sites is 4. The minimum atomic E-state index is -2.32. The monoisotopic (exact) mass is 1120 g/mol. The van der Waals surface area contributed by atoms with E-state index in [4.69, 9.17) is 8.83 Å². The van der Waals surface area contributed by atoms with Crippen LogP contribution in [0.15, 0.2) is 239 Å². The Morgan fingerprint density at radius 3 is 1.04 bits per heavy atom. The molecule has 0 amide bonds. The van der Waals surface area contributed by atoms with Crippen LogP contribution in [-0.4, -0.2) is 25.3 Å². The number of nitrogens with zero attached hydrogens (tertiary/aromatic N) is 2. The van der Waals surface area contributed by atoms with E-state index < -0.39 is 27.0 Å². The van der Waals surface area contributed by atoms with Gasteiger partial charge in [0.2, 0.25) is 0 Å². The highest BCUT2D eigenvalue weighted by atomic mass is 32.1. The molecule has 8 heterocycles. The van der Waals surface area contributed by atoms with Gasteiger partial charge in [-0.3, -0.25) is 9.13 Å². The molecule has 0 saturated carbocycles. The average Bonchev–Trinajstić information content (AvgIpc) is 3.39. The third kappa shape index (κ3) is 5.31. The summed E-state index contributed by atoms with van der Waals surface area (Å²) in [6.45, 7) is 10.3. The van der Waals surface area contributed by atoms with E-state index in [0.29, 0.717) is 0 Å². The van der Waals surface area contributed by atoms with Crippen molar-refractivity contribution in [1.29, 1.82) is 0 Å². The van der Waals surface area contributed by atoms with Gasteiger partial charge >= 0.3 is 0 Å². The predicted octanol–water partition coefficient (Wildman–Crippen LogP) is 17.2. The van der Waals surface area contributed by atoms with Crippen molar-refractivity contribution >= 4 is 147 Å². The smallest absolute Gasteiger partial charge is 0.137 e. The second-order valence-corrected chi connectivity index (χ2v) is 34.9. The average molecular weight is 1120 g/mol. The van der Waals surface area contributed by atoms with E-state index in [-0.39, 0.29) is 0 Å². The van der Waals surface area contributed by atoms with Crippen LogP contribution in [0.3, 0.4) is 0 Å². The van der Waals surface area contributed by atoms with E-state index >= 15 is 0 Å². The summed E-state index contributed by atoms with van der Waals surface area (Å²) in [6.07, 6.45) is 0. The molecule has 19 rings (SSSR count). The first-order valence-corrected chi connectivity index (χ1v) is 36.2. The normalized spacial score (nSPS) is 16.0. The van der Waals surface area contributed by atoms with Gasteiger partial charge in [-0.1, -0.05) is 196 Å². The molecule has 1 aliphatic carbocycles. The van der Waals surface area contributed by atoms with E-state index in [1.54, 1.807) is 0 Å². The molecule has 0 saturated heterocycles. The number of furan rings is 2. The molecule has 0 atom stereocenters. The van der Waals surface area contributed by atoms with Crippen LogP contribution in [0.4, 0.5) is 0 Å². The zero-order valence-corrected chi connectivity index (χ0v) is 49.1. The molecule has 2 spiro atoms. The lowest BCUT2D eigenvalue weighted by molar-refractivity contribution is 0.646. The topological polar surface area (TPSA) is 36.1 Å². The van der Waals surface area contributed by atoms with Gasteiger partial charge in [-0.2, -0.15) is 0 Å². The summed E-state index contributed by atoms with van der Waals surface area (Å²) < 4.78 is 18.8. The Labute approximate surface area is 482 Å². The number of fused-ring (bicyclic) bond motifs is 28. The van der Waals surface area contributed by atoms with Crippen LogP contribution >= 0.6 is 22.7 Å². The van der Waals surface area contributed by atoms with Crippen molar-refractivity contribution in [1.82, 2.24) is 9.13 Å². The molecule has 388 valence electrons. The summed E-state index contributed by atoms with van der Waals surface area (Å²) in [6, 6.07) is 88.2. The highest BCUT2D eigenvalue weighted by Crippen LogP contribution is 2.66. The van der Waals surface area contributed by atoms with Gasteiger partial charge in [-0.25, -0.2) is 0 Å². The predicted molar refractivity (Wildman–Crippen MR) is 349 cm³/mol. The Morgan fingerprint density at radius 2 is 0.646 bits per heavy atom. The van der Waals surface area contributed by atoms with Gasteiger partial charge in [-0.15, -0.1) is 22.7 Å². The Hall–Kier alpha value is -8.77. The van der Waals surface area contributed by atoms with E-state index in [1.807, 2.05) is 22.7 Å². The van der Waals surface area contributed by atoms with Gasteiger partial charge in [0.25, 0.3) is 0 Å². The van der Waals surface area contributed by atoms with Gasteiger partial charge < -0.3 is 8.83 Å². The van der Waals surface area contributed by atoms with E-state index in [9.17, 15) is 0 Å². The summed E-state index contributed by atoms with van der Waals surface area (Å²) in [4.78, 5) is 2.77. The van der Waals surface area contributed by atoms with Crippen molar-refractivity contribution in [3.63, 3.8) is 0 Å². The number of thiophene rings is 2. The van der Waals surface area contributed by atoms with E-state index in [2.05, 4.69) is 266 Å². The third-order valence-electron chi connectivity index (χ3n) is 19.7. The van der Waals surface area contributed by atoms with Crippen LogP contribution < -0.4 is 20.7 Å². The molecule has 0 radical (unpaired) electrons. The molecule has 0 bridgehead atoms. The fourth-order valence-electron chi connectivity index (χ4n) is 16.4. The summed E-state index contributed by atoms with van der Waals surface area (Å²) >= 11 is 4.03. The lowest BCUT2D eigenvalue weighted by Crippen LogP contribution is -2.66. The number of hydrogen-bond donors (Lipinski definition) is 0. The SMILES string of the molecule is C[Si]1(C)c2ccccc2C2(c3ccccc31)c1cc(-n3c4ccccc4c4ccc5oc6ccccc6c5c43)sc1C1(c3ccccc3[Si](C)(C)c3ccccc31)c1cc(-n3c4ccccc4c4ccc5oc6ccccc6c5c43)sc12. The zero-order valence-electron chi connectivity index (χ0n) is 45.5. The van der Waals surface area contributed by atoms with Gasteiger partial charge in [0, 0.05) is 42.1 Å². The van der Waals surface area contributed by atoms with Crippen molar-refractivity contribution in [2.75, 3.05) is 0 Å².